The van der Waals surface area contributed by atoms with Gasteiger partial charge in [-0.1, -0.05) is 30.3 Å². The van der Waals surface area contributed by atoms with Crippen LogP contribution in [0.15, 0.2) is 71.6 Å². The minimum atomic E-state index is -3.40. The second-order valence-corrected chi connectivity index (χ2v) is 9.17. The summed E-state index contributed by atoms with van der Waals surface area (Å²) in [6, 6.07) is 19.8. The van der Waals surface area contributed by atoms with E-state index in [4.69, 9.17) is 11.1 Å². The number of aliphatic hydroxyl groups is 1. The molecule has 7 nitrogen and oxygen atoms in total. The number of fused-ring (bicyclic) bond motifs is 1. The number of nitrogen functional groups attached to an aromatic ring is 1. The van der Waals surface area contributed by atoms with Crippen LogP contribution in [0.2, 0.25) is 0 Å². The molecule has 3 aromatic rings. The number of sulfone groups is 1. The normalized spacial score (nSPS) is 12.6. The molecular weight excluding hydrogens is 400 g/mol. The van der Waals surface area contributed by atoms with E-state index in [0.717, 1.165) is 16.5 Å². The highest BCUT2D eigenvalue weighted by Gasteiger charge is 2.15. The first-order valence-electron chi connectivity index (χ1n) is 9.64. The van der Waals surface area contributed by atoms with Crippen LogP contribution in [0.25, 0.3) is 10.8 Å². The topological polar surface area (TPSA) is 128 Å². The van der Waals surface area contributed by atoms with E-state index < -0.39 is 15.9 Å². The van der Waals surface area contributed by atoms with Gasteiger partial charge in [0.15, 0.2) is 9.84 Å². The van der Waals surface area contributed by atoms with Crippen LogP contribution in [-0.2, 0) is 9.84 Å². The number of hydrogen-bond acceptors (Lipinski definition) is 6. The lowest BCUT2D eigenvalue weighted by molar-refractivity contribution is 0.185. The Labute approximate surface area is 176 Å². The van der Waals surface area contributed by atoms with Gasteiger partial charge in [0.1, 0.15) is 5.84 Å². The molecule has 0 radical (unpaired) electrons. The zero-order valence-corrected chi connectivity index (χ0v) is 17.3. The van der Waals surface area contributed by atoms with Crippen molar-refractivity contribution in [1.29, 1.82) is 5.41 Å². The average molecular weight is 427 g/mol. The van der Waals surface area contributed by atoms with Gasteiger partial charge in [-0.2, -0.15) is 0 Å². The van der Waals surface area contributed by atoms with Crippen molar-refractivity contribution < 1.29 is 13.5 Å². The van der Waals surface area contributed by atoms with Gasteiger partial charge >= 0.3 is 0 Å². The van der Waals surface area contributed by atoms with Gasteiger partial charge in [0.25, 0.3) is 0 Å². The minimum Gasteiger partial charge on any atom is -0.390 e. The molecule has 0 aliphatic heterocycles. The predicted molar refractivity (Wildman–Crippen MR) is 121 cm³/mol. The highest BCUT2D eigenvalue weighted by atomic mass is 32.2. The molecule has 1 atom stereocenters. The average Bonchev–Trinajstić information content (AvgIpc) is 2.75. The number of rotatable bonds is 10. The van der Waals surface area contributed by atoms with Crippen LogP contribution in [0.1, 0.15) is 5.56 Å². The van der Waals surface area contributed by atoms with Crippen molar-refractivity contribution in [2.75, 3.05) is 30.7 Å². The van der Waals surface area contributed by atoms with Gasteiger partial charge in [-0.3, -0.25) is 5.41 Å². The van der Waals surface area contributed by atoms with Gasteiger partial charge < -0.3 is 21.5 Å². The first-order valence-corrected chi connectivity index (χ1v) is 11.3. The molecule has 3 aromatic carbocycles. The van der Waals surface area contributed by atoms with E-state index >= 15 is 0 Å². The van der Waals surface area contributed by atoms with Gasteiger partial charge in [-0.05, 0) is 47.2 Å². The largest absolute Gasteiger partial charge is 0.390 e. The fourth-order valence-corrected chi connectivity index (χ4v) is 4.26. The monoisotopic (exact) mass is 426 g/mol. The smallest absolute Gasteiger partial charge is 0.179 e. The molecule has 0 heterocycles. The molecule has 0 fully saturated rings. The molecule has 3 rings (SSSR count). The van der Waals surface area contributed by atoms with Crippen molar-refractivity contribution in [2.24, 2.45) is 5.73 Å². The van der Waals surface area contributed by atoms with E-state index in [-0.39, 0.29) is 24.7 Å². The van der Waals surface area contributed by atoms with Crippen molar-refractivity contribution in [3.63, 3.8) is 0 Å². The Bertz CT molecular complexity index is 1110. The van der Waals surface area contributed by atoms with E-state index in [1.54, 1.807) is 36.4 Å². The summed E-state index contributed by atoms with van der Waals surface area (Å²) >= 11 is 0. The molecule has 6 N–H and O–H groups in total. The SMILES string of the molecule is N=C(N)c1ccc(NCC(O)CNCCS(=O)(=O)c2ccc3ccccc3c2)cc1. The number of aliphatic hydroxyl groups excluding tert-OH is 1. The van der Waals surface area contributed by atoms with Crippen LogP contribution in [0, 0.1) is 5.41 Å². The predicted octanol–water partition coefficient (Wildman–Crippen LogP) is 1.96. The molecule has 0 spiro atoms. The van der Waals surface area contributed by atoms with E-state index in [2.05, 4.69) is 10.6 Å². The van der Waals surface area contributed by atoms with Crippen LogP contribution >= 0.6 is 0 Å². The van der Waals surface area contributed by atoms with Crippen molar-refractivity contribution in [3.05, 3.63) is 72.3 Å². The maximum absolute atomic E-state index is 12.6. The third-order valence-corrected chi connectivity index (χ3v) is 6.46. The van der Waals surface area contributed by atoms with Crippen molar-refractivity contribution in [3.8, 4) is 0 Å². The van der Waals surface area contributed by atoms with Crippen LogP contribution in [0.5, 0.6) is 0 Å². The lowest BCUT2D eigenvalue weighted by Gasteiger charge is -2.14. The number of hydrogen-bond donors (Lipinski definition) is 5. The number of benzene rings is 3. The summed E-state index contributed by atoms with van der Waals surface area (Å²) < 4.78 is 25.1. The Morgan fingerprint density at radius 2 is 1.70 bits per heavy atom. The number of nitrogens with one attached hydrogen (secondary N) is 3. The Morgan fingerprint density at radius 1 is 1.00 bits per heavy atom. The molecule has 0 aromatic heterocycles. The van der Waals surface area contributed by atoms with E-state index in [1.807, 2.05) is 30.3 Å². The highest BCUT2D eigenvalue weighted by Crippen LogP contribution is 2.19. The maximum atomic E-state index is 12.6. The molecule has 0 saturated carbocycles. The summed E-state index contributed by atoms with van der Waals surface area (Å²) in [6.07, 6.45) is -0.680. The second-order valence-electron chi connectivity index (χ2n) is 7.06. The molecule has 158 valence electrons. The molecule has 8 heteroatoms. The summed E-state index contributed by atoms with van der Waals surface area (Å²) in [5.41, 5.74) is 6.86. The van der Waals surface area contributed by atoms with Gasteiger partial charge in [-0.25, -0.2) is 8.42 Å². The Hall–Kier alpha value is -2.94. The molecule has 0 amide bonds. The van der Waals surface area contributed by atoms with Gasteiger partial charge in [0, 0.05) is 30.9 Å². The second kappa shape index (κ2) is 9.71. The molecule has 0 aliphatic carbocycles. The summed E-state index contributed by atoms with van der Waals surface area (Å²) in [6.45, 7) is 0.829. The standard InChI is InChI=1S/C22H26N4O3S/c23-22(24)17-5-8-19(9-6-17)26-15-20(27)14-25-11-12-30(28,29)21-10-7-16-3-1-2-4-18(16)13-21/h1-10,13,20,25-27H,11-12,14-15H2,(H3,23,24). The molecule has 0 aliphatic rings. The molecular formula is C22H26N4O3S. The number of anilines is 1. The Balaban J connectivity index is 1.43. The lowest BCUT2D eigenvalue weighted by Crippen LogP contribution is -2.34. The fourth-order valence-electron chi connectivity index (χ4n) is 3.03. The zero-order valence-electron chi connectivity index (χ0n) is 16.5. The van der Waals surface area contributed by atoms with Crippen molar-refractivity contribution >= 4 is 32.1 Å². The zero-order chi connectivity index (χ0) is 21.6. The van der Waals surface area contributed by atoms with Crippen LogP contribution in [0.3, 0.4) is 0 Å². The van der Waals surface area contributed by atoms with Gasteiger partial charge in [0.05, 0.1) is 16.8 Å². The van der Waals surface area contributed by atoms with E-state index in [1.165, 1.54) is 0 Å². The first kappa shape index (κ1) is 21.8. The maximum Gasteiger partial charge on any atom is 0.179 e. The third-order valence-electron chi connectivity index (χ3n) is 4.75. The summed E-state index contributed by atoms with van der Waals surface area (Å²) in [7, 11) is -3.40. The van der Waals surface area contributed by atoms with Crippen LogP contribution in [0.4, 0.5) is 5.69 Å². The quantitative estimate of drug-likeness (QED) is 0.192. The number of amidine groups is 1. The molecule has 0 saturated heterocycles. The fraction of sp³-hybridized carbons (Fsp3) is 0.227. The summed E-state index contributed by atoms with van der Waals surface area (Å²) in [5.74, 6) is -0.0396. The third kappa shape index (κ3) is 5.79. The molecule has 1 unspecified atom stereocenters. The van der Waals surface area contributed by atoms with E-state index in [0.29, 0.717) is 17.0 Å². The Morgan fingerprint density at radius 3 is 2.40 bits per heavy atom. The van der Waals surface area contributed by atoms with Crippen LogP contribution < -0.4 is 16.4 Å². The first-order chi connectivity index (χ1) is 14.3. The summed E-state index contributed by atoms with van der Waals surface area (Å²) in [5, 5.41) is 25.4. The Kier molecular flexibility index (Phi) is 7.04. The van der Waals surface area contributed by atoms with Crippen molar-refractivity contribution in [2.45, 2.75) is 11.0 Å². The molecule has 0 bridgehead atoms. The minimum absolute atomic E-state index is 0.00410. The highest BCUT2D eigenvalue weighted by molar-refractivity contribution is 7.91. The summed E-state index contributed by atoms with van der Waals surface area (Å²) in [4.78, 5) is 0.305. The van der Waals surface area contributed by atoms with Crippen molar-refractivity contribution in [1.82, 2.24) is 5.32 Å². The van der Waals surface area contributed by atoms with Gasteiger partial charge in [0.2, 0.25) is 0 Å². The lowest BCUT2D eigenvalue weighted by atomic mass is 10.1. The van der Waals surface area contributed by atoms with Crippen LogP contribution in [-0.4, -0.2) is 50.9 Å². The number of nitrogens with two attached hydrogens (primary N) is 1. The van der Waals surface area contributed by atoms with Gasteiger partial charge in [-0.15, -0.1) is 0 Å². The molecule has 30 heavy (non-hydrogen) atoms. The van der Waals surface area contributed by atoms with E-state index in [9.17, 15) is 13.5 Å².